The third kappa shape index (κ3) is 2.76. The van der Waals surface area contributed by atoms with Crippen molar-refractivity contribution >= 4 is 17.1 Å². The number of allylic oxidation sites excluding steroid dienone is 1. The fourth-order valence-corrected chi connectivity index (χ4v) is 2.89. The summed E-state index contributed by atoms with van der Waals surface area (Å²) in [5.41, 5.74) is 2.68. The molecule has 0 unspecified atom stereocenters. The summed E-state index contributed by atoms with van der Waals surface area (Å²) in [6.45, 7) is 2.73. The largest absolute Gasteiger partial charge is 0.494 e. The van der Waals surface area contributed by atoms with Crippen LogP contribution in [0.3, 0.4) is 0 Å². The first-order chi connectivity index (χ1) is 11.7. The molecule has 0 aliphatic heterocycles. The number of nitrogens with zero attached hydrogens (tertiary/aromatic N) is 2. The lowest BCUT2D eigenvalue weighted by Gasteiger charge is -2.01. The minimum absolute atomic E-state index is 0.0626. The second-order valence-electron chi connectivity index (χ2n) is 5.61. The van der Waals surface area contributed by atoms with Crippen molar-refractivity contribution in [2.75, 3.05) is 6.61 Å². The lowest BCUT2D eigenvalue weighted by atomic mass is 10.0. The lowest BCUT2D eigenvalue weighted by molar-refractivity contribution is 0.280. The summed E-state index contributed by atoms with van der Waals surface area (Å²) in [5.74, 6) is -0.138. The van der Waals surface area contributed by atoms with Crippen LogP contribution in [0, 0.1) is 0 Å². The Kier molecular flexibility index (Phi) is 4.57. The number of rotatable bonds is 6. The highest BCUT2D eigenvalue weighted by Gasteiger charge is 2.21. The summed E-state index contributed by atoms with van der Waals surface area (Å²) >= 11 is 0. The second-order valence-corrected chi connectivity index (χ2v) is 5.61. The van der Waals surface area contributed by atoms with E-state index in [0.29, 0.717) is 24.1 Å². The van der Waals surface area contributed by atoms with E-state index in [2.05, 4.69) is 9.97 Å². The Bertz CT molecular complexity index is 877. The zero-order valence-corrected chi connectivity index (χ0v) is 13.5. The molecule has 3 aromatic heterocycles. The number of H-pyrrole nitrogens is 1. The Morgan fingerprint density at radius 3 is 2.88 bits per heavy atom. The standard InChI is InChI=1S/C18H21N3O3/c1-2-3-6-13-15(18(24)20-17(13)23)14-11-21(9-5-10-22)16-12(14)7-4-8-19-16/h3-4,6-8,11,20,22-24H,2,5,9-10H2,1H3. The predicted molar refractivity (Wildman–Crippen MR) is 93.9 cm³/mol. The molecule has 0 saturated heterocycles. The molecule has 0 fully saturated rings. The van der Waals surface area contributed by atoms with Crippen LogP contribution in [0.25, 0.3) is 28.2 Å². The number of aromatic amines is 1. The molecule has 6 nitrogen and oxygen atoms in total. The van der Waals surface area contributed by atoms with Crippen molar-refractivity contribution in [3.63, 3.8) is 0 Å². The Morgan fingerprint density at radius 2 is 2.12 bits per heavy atom. The van der Waals surface area contributed by atoms with E-state index < -0.39 is 0 Å². The van der Waals surface area contributed by atoms with Crippen molar-refractivity contribution < 1.29 is 15.3 Å². The number of hydrogen-bond acceptors (Lipinski definition) is 4. The number of pyridine rings is 1. The smallest absolute Gasteiger partial charge is 0.200 e. The first-order valence-corrected chi connectivity index (χ1v) is 8.02. The van der Waals surface area contributed by atoms with Crippen molar-refractivity contribution in [1.29, 1.82) is 0 Å². The van der Waals surface area contributed by atoms with Gasteiger partial charge in [0, 0.05) is 42.1 Å². The maximum Gasteiger partial charge on any atom is 0.200 e. The summed E-state index contributed by atoms with van der Waals surface area (Å²) in [4.78, 5) is 7.01. The van der Waals surface area contributed by atoms with Crippen LogP contribution < -0.4 is 0 Å². The number of aliphatic hydroxyl groups excluding tert-OH is 1. The van der Waals surface area contributed by atoms with Gasteiger partial charge in [-0.2, -0.15) is 0 Å². The Hall–Kier alpha value is -2.73. The monoisotopic (exact) mass is 327 g/mol. The number of fused-ring (bicyclic) bond motifs is 1. The summed E-state index contributed by atoms with van der Waals surface area (Å²) < 4.78 is 1.96. The van der Waals surface area contributed by atoms with E-state index in [9.17, 15) is 10.2 Å². The van der Waals surface area contributed by atoms with Gasteiger partial charge in [0.05, 0.1) is 5.56 Å². The van der Waals surface area contributed by atoms with E-state index in [4.69, 9.17) is 5.11 Å². The molecule has 3 rings (SSSR count). The quantitative estimate of drug-likeness (QED) is 0.559. The molecule has 0 spiro atoms. The van der Waals surface area contributed by atoms with Crippen LogP contribution in [-0.4, -0.2) is 36.5 Å². The van der Waals surface area contributed by atoms with Crippen molar-refractivity contribution in [2.24, 2.45) is 0 Å². The normalized spacial score (nSPS) is 11.8. The maximum absolute atomic E-state index is 10.3. The van der Waals surface area contributed by atoms with E-state index in [-0.39, 0.29) is 18.4 Å². The van der Waals surface area contributed by atoms with E-state index in [1.54, 1.807) is 12.3 Å². The molecule has 0 aromatic carbocycles. The third-order valence-corrected chi connectivity index (χ3v) is 3.98. The van der Waals surface area contributed by atoms with Crippen LogP contribution in [-0.2, 0) is 6.54 Å². The van der Waals surface area contributed by atoms with E-state index in [0.717, 1.165) is 23.0 Å². The highest BCUT2D eigenvalue weighted by molar-refractivity contribution is 5.98. The molecule has 0 aliphatic carbocycles. The first-order valence-electron chi connectivity index (χ1n) is 8.02. The van der Waals surface area contributed by atoms with Crippen LogP contribution in [0.4, 0.5) is 0 Å². The van der Waals surface area contributed by atoms with Crippen molar-refractivity contribution in [2.45, 2.75) is 26.3 Å². The van der Waals surface area contributed by atoms with Gasteiger partial charge < -0.3 is 19.9 Å². The Morgan fingerprint density at radius 1 is 1.29 bits per heavy atom. The zero-order valence-electron chi connectivity index (χ0n) is 13.5. The van der Waals surface area contributed by atoms with Crippen LogP contribution in [0.1, 0.15) is 25.3 Å². The molecular formula is C18H21N3O3. The SMILES string of the molecule is CCC=Cc1c(O)[nH]c(O)c1-c1cn(CCCO)c2ncccc12. The summed E-state index contributed by atoms with van der Waals surface area (Å²) in [7, 11) is 0. The molecule has 4 N–H and O–H groups in total. The van der Waals surface area contributed by atoms with Gasteiger partial charge in [-0.25, -0.2) is 4.98 Å². The Balaban J connectivity index is 2.22. The fraction of sp³-hybridized carbons (Fsp3) is 0.278. The van der Waals surface area contributed by atoms with Gasteiger partial charge in [-0.05, 0) is 25.0 Å². The molecule has 0 atom stereocenters. The molecular weight excluding hydrogens is 306 g/mol. The van der Waals surface area contributed by atoms with E-state index in [1.165, 1.54) is 0 Å². The molecule has 0 amide bonds. The van der Waals surface area contributed by atoms with E-state index in [1.807, 2.05) is 35.9 Å². The zero-order chi connectivity index (χ0) is 17.1. The first kappa shape index (κ1) is 16.1. The molecule has 24 heavy (non-hydrogen) atoms. The Labute approximate surface area is 139 Å². The highest BCUT2D eigenvalue weighted by Crippen LogP contribution is 2.42. The predicted octanol–water partition coefficient (Wildman–Crippen LogP) is 3.25. The number of aromatic hydroxyl groups is 2. The average molecular weight is 327 g/mol. The van der Waals surface area contributed by atoms with Crippen LogP contribution >= 0.6 is 0 Å². The fourth-order valence-electron chi connectivity index (χ4n) is 2.89. The molecule has 0 saturated carbocycles. The van der Waals surface area contributed by atoms with Gasteiger partial charge >= 0.3 is 0 Å². The van der Waals surface area contributed by atoms with Gasteiger partial charge in [0.25, 0.3) is 0 Å². The van der Waals surface area contributed by atoms with Gasteiger partial charge in [0.15, 0.2) is 11.8 Å². The molecule has 126 valence electrons. The topological polar surface area (TPSA) is 94.3 Å². The lowest BCUT2D eigenvalue weighted by Crippen LogP contribution is -1.99. The number of nitrogens with one attached hydrogen (secondary N) is 1. The van der Waals surface area contributed by atoms with Gasteiger partial charge in [-0.1, -0.05) is 19.1 Å². The maximum atomic E-state index is 10.3. The van der Waals surface area contributed by atoms with Crippen molar-refractivity contribution in [3.05, 3.63) is 36.2 Å². The minimum Gasteiger partial charge on any atom is -0.494 e. The average Bonchev–Trinajstić information content (AvgIpc) is 3.08. The summed E-state index contributed by atoms with van der Waals surface area (Å²) in [6.07, 6.45) is 8.79. The molecule has 0 aliphatic rings. The van der Waals surface area contributed by atoms with Gasteiger partial charge in [0.2, 0.25) is 0 Å². The summed E-state index contributed by atoms with van der Waals surface area (Å²) in [6, 6.07) is 3.78. The third-order valence-electron chi connectivity index (χ3n) is 3.98. The van der Waals surface area contributed by atoms with Gasteiger partial charge in [0.1, 0.15) is 5.65 Å². The molecule has 0 radical (unpaired) electrons. The number of aromatic nitrogens is 3. The molecule has 3 heterocycles. The van der Waals surface area contributed by atoms with E-state index >= 15 is 0 Å². The highest BCUT2D eigenvalue weighted by atomic mass is 16.3. The van der Waals surface area contributed by atoms with Crippen LogP contribution in [0.5, 0.6) is 11.8 Å². The number of aliphatic hydroxyl groups is 1. The number of hydrogen-bond donors (Lipinski definition) is 4. The van der Waals surface area contributed by atoms with Crippen molar-refractivity contribution in [1.82, 2.24) is 14.5 Å². The summed E-state index contributed by atoms with van der Waals surface area (Å²) in [5, 5.41) is 30.4. The van der Waals surface area contributed by atoms with Gasteiger partial charge in [-0.15, -0.1) is 0 Å². The van der Waals surface area contributed by atoms with Crippen molar-refractivity contribution in [3.8, 4) is 22.9 Å². The number of aryl methyl sites for hydroxylation is 1. The molecule has 0 bridgehead atoms. The van der Waals surface area contributed by atoms with Gasteiger partial charge in [-0.3, -0.25) is 4.98 Å². The second kappa shape index (κ2) is 6.80. The van der Waals surface area contributed by atoms with Crippen LogP contribution in [0.15, 0.2) is 30.6 Å². The minimum atomic E-state index is -0.0756. The van der Waals surface area contributed by atoms with Crippen LogP contribution in [0.2, 0.25) is 0 Å². The molecule has 3 aromatic rings. The molecule has 6 heteroatoms.